The van der Waals surface area contributed by atoms with Gasteiger partial charge in [0.15, 0.2) is 5.65 Å². The lowest BCUT2D eigenvalue weighted by Crippen LogP contribution is -2.35. The molecule has 19 heavy (non-hydrogen) atoms. The van der Waals surface area contributed by atoms with Crippen LogP contribution in [0.3, 0.4) is 0 Å². The third-order valence-corrected chi connectivity index (χ3v) is 3.31. The topological polar surface area (TPSA) is 73.8 Å². The number of carbonyl (C=O) groups is 1. The van der Waals surface area contributed by atoms with Gasteiger partial charge in [0.25, 0.3) is 0 Å². The van der Waals surface area contributed by atoms with Gasteiger partial charge in [-0.15, -0.1) is 11.6 Å². The molecule has 0 unspecified atom stereocenters. The lowest BCUT2D eigenvalue weighted by atomic mass is 9.92. The standard InChI is InChI=1S/C13H17ClN4O/c1-13(2,12(15)19)8-18-10(5-6-14)17-9-4-3-7-16-11(9)18/h3-4,7H,5-6,8H2,1-2H3,(H2,15,19). The highest BCUT2D eigenvalue weighted by atomic mass is 35.5. The van der Waals surface area contributed by atoms with Gasteiger partial charge in [0.1, 0.15) is 11.3 Å². The summed E-state index contributed by atoms with van der Waals surface area (Å²) in [6, 6.07) is 3.73. The first-order valence-electron chi connectivity index (χ1n) is 6.11. The molecule has 0 saturated heterocycles. The average molecular weight is 281 g/mol. The Labute approximate surface area is 116 Å². The second-order valence-corrected chi connectivity index (χ2v) is 5.53. The summed E-state index contributed by atoms with van der Waals surface area (Å²) in [5, 5.41) is 0. The normalized spacial score (nSPS) is 11.9. The Hall–Kier alpha value is -1.62. The summed E-state index contributed by atoms with van der Waals surface area (Å²) < 4.78 is 1.93. The highest BCUT2D eigenvalue weighted by Crippen LogP contribution is 2.22. The number of nitrogens with zero attached hydrogens (tertiary/aromatic N) is 3. The van der Waals surface area contributed by atoms with E-state index in [0.29, 0.717) is 18.8 Å². The first kappa shape index (κ1) is 13.8. The van der Waals surface area contributed by atoms with E-state index in [9.17, 15) is 4.79 Å². The van der Waals surface area contributed by atoms with Crippen molar-refractivity contribution in [1.29, 1.82) is 0 Å². The number of carbonyl (C=O) groups excluding carboxylic acids is 1. The molecule has 1 amide bonds. The first-order valence-corrected chi connectivity index (χ1v) is 6.65. The van der Waals surface area contributed by atoms with Gasteiger partial charge >= 0.3 is 0 Å². The van der Waals surface area contributed by atoms with Crippen molar-refractivity contribution in [1.82, 2.24) is 14.5 Å². The molecule has 2 aromatic heterocycles. The van der Waals surface area contributed by atoms with E-state index in [2.05, 4.69) is 9.97 Å². The molecule has 2 heterocycles. The quantitative estimate of drug-likeness (QED) is 0.848. The largest absolute Gasteiger partial charge is 0.369 e. The van der Waals surface area contributed by atoms with Gasteiger partial charge in [-0.1, -0.05) is 0 Å². The number of alkyl halides is 1. The van der Waals surface area contributed by atoms with Gasteiger partial charge in [-0.2, -0.15) is 0 Å². The number of fused-ring (bicyclic) bond motifs is 1. The molecule has 2 N–H and O–H groups in total. The van der Waals surface area contributed by atoms with E-state index in [-0.39, 0.29) is 5.91 Å². The minimum Gasteiger partial charge on any atom is -0.369 e. The molecular formula is C13H17ClN4O. The van der Waals surface area contributed by atoms with Gasteiger partial charge in [-0.3, -0.25) is 4.79 Å². The molecule has 5 nitrogen and oxygen atoms in total. The Bertz CT molecular complexity index is 606. The zero-order chi connectivity index (χ0) is 14.0. The van der Waals surface area contributed by atoms with Gasteiger partial charge in [-0.25, -0.2) is 9.97 Å². The Morgan fingerprint density at radius 1 is 1.53 bits per heavy atom. The summed E-state index contributed by atoms with van der Waals surface area (Å²) in [5.41, 5.74) is 6.34. The maximum atomic E-state index is 11.5. The van der Waals surface area contributed by atoms with Crippen molar-refractivity contribution >= 4 is 28.7 Å². The Balaban J connectivity index is 2.50. The van der Waals surface area contributed by atoms with Gasteiger partial charge in [0.2, 0.25) is 5.91 Å². The average Bonchev–Trinajstić information content (AvgIpc) is 2.68. The molecule has 0 bridgehead atoms. The molecule has 0 aliphatic heterocycles. The predicted octanol–water partition coefficient (Wildman–Crippen LogP) is 1.72. The Morgan fingerprint density at radius 2 is 2.26 bits per heavy atom. The van der Waals surface area contributed by atoms with Crippen molar-refractivity contribution in [3.63, 3.8) is 0 Å². The SMILES string of the molecule is CC(C)(Cn1c(CCCl)nc2cccnc21)C(N)=O. The van der Waals surface area contributed by atoms with E-state index in [1.807, 2.05) is 30.5 Å². The number of rotatable bonds is 5. The smallest absolute Gasteiger partial charge is 0.224 e. The molecular weight excluding hydrogens is 264 g/mol. The molecule has 0 fully saturated rings. The summed E-state index contributed by atoms with van der Waals surface area (Å²) >= 11 is 5.80. The van der Waals surface area contributed by atoms with Gasteiger partial charge in [0.05, 0.1) is 5.41 Å². The Morgan fingerprint density at radius 3 is 2.89 bits per heavy atom. The van der Waals surface area contributed by atoms with Crippen LogP contribution in [0.4, 0.5) is 0 Å². The molecule has 0 radical (unpaired) electrons. The number of halogens is 1. The van der Waals surface area contributed by atoms with Crippen molar-refractivity contribution in [3.8, 4) is 0 Å². The molecule has 2 aromatic rings. The van der Waals surface area contributed by atoms with Crippen LogP contribution >= 0.6 is 11.6 Å². The van der Waals surface area contributed by atoms with Crippen LogP contribution in [0.25, 0.3) is 11.2 Å². The van der Waals surface area contributed by atoms with E-state index in [0.717, 1.165) is 17.0 Å². The molecule has 0 aromatic carbocycles. The number of pyridine rings is 1. The highest BCUT2D eigenvalue weighted by molar-refractivity contribution is 6.17. The van der Waals surface area contributed by atoms with Crippen molar-refractivity contribution in [2.45, 2.75) is 26.8 Å². The molecule has 0 saturated carbocycles. The van der Waals surface area contributed by atoms with Crippen molar-refractivity contribution < 1.29 is 4.79 Å². The van der Waals surface area contributed by atoms with Crippen LogP contribution in [-0.2, 0) is 17.8 Å². The number of nitrogens with two attached hydrogens (primary N) is 1. The zero-order valence-corrected chi connectivity index (χ0v) is 11.8. The summed E-state index contributed by atoms with van der Waals surface area (Å²) in [6.45, 7) is 4.07. The van der Waals surface area contributed by atoms with Crippen molar-refractivity contribution in [2.75, 3.05) is 5.88 Å². The number of primary amides is 1. The lowest BCUT2D eigenvalue weighted by Gasteiger charge is -2.22. The van der Waals surface area contributed by atoms with Gasteiger partial charge < -0.3 is 10.3 Å². The van der Waals surface area contributed by atoms with Crippen LogP contribution in [0.1, 0.15) is 19.7 Å². The second kappa shape index (κ2) is 5.17. The van der Waals surface area contributed by atoms with E-state index >= 15 is 0 Å². The highest BCUT2D eigenvalue weighted by Gasteiger charge is 2.27. The molecule has 6 heteroatoms. The third kappa shape index (κ3) is 2.71. The van der Waals surface area contributed by atoms with Crippen LogP contribution in [0.2, 0.25) is 0 Å². The van der Waals surface area contributed by atoms with Crippen LogP contribution in [0, 0.1) is 5.41 Å². The lowest BCUT2D eigenvalue weighted by molar-refractivity contribution is -0.126. The first-order chi connectivity index (χ1) is 8.95. The number of amides is 1. The van der Waals surface area contributed by atoms with E-state index in [1.165, 1.54) is 0 Å². The second-order valence-electron chi connectivity index (χ2n) is 5.15. The summed E-state index contributed by atoms with van der Waals surface area (Å²) in [7, 11) is 0. The van der Waals surface area contributed by atoms with Crippen LogP contribution in [0.5, 0.6) is 0 Å². The number of imidazole rings is 1. The molecule has 0 aliphatic rings. The van der Waals surface area contributed by atoms with Crippen LogP contribution in [-0.4, -0.2) is 26.3 Å². The number of hydrogen-bond donors (Lipinski definition) is 1. The molecule has 0 aliphatic carbocycles. The van der Waals surface area contributed by atoms with Gasteiger partial charge in [-0.05, 0) is 26.0 Å². The molecule has 2 rings (SSSR count). The van der Waals surface area contributed by atoms with Crippen molar-refractivity contribution in [2.24, 2.45) is 11.1 Å². The zero-order valence-electron chi connectivity index (χ0n) is 11.1. The number of aromatic nitrogens is 3. The van der Waals surface area contributed by atoms with Crippen LogP contribution < -0.4 is 5.73 Å². The maximum absolute atomic E-state index is 11.5. The fourth-order valence-corrected chi connectivity index (χ4v) is 2.09. The fraction of sp³-hybridized carbons (Fsp3) is 0.462. The van der Waals surface area contributed by atoms with E-state index in [1.54, 1.807) is 6.20 Å². The predicted molar refractivity (Wildman–Crippen MR) is 74.9 cm³/mol. The van der Waals surface area contributed by atoms with Gasteiger partial charge in [0, 0.05) is 25.0 Å². The van der Waals surface area contributed by atoms with Crippen molar-refractivity contribution in [3.05, 3.63) is 24.2 Å². The number of hydrogen-bond acceptors (Lipinski definition) is 3. The molecule has 102 valence electrons. The van der Waals surface area contributed by atoms with E-state index in [4.69, 9.17) is 17.3 Å². The monoisotopic (exact) mass is 280 g/mol. The fourth-order valence-electron chi connectivity index (χ4n) is 1.92. The summed E-state index contributed by atoms with van der Waals surface area (Å²) in [6.07, 6.45) is 2.34. The van der Waals surface area contributed by atoms with E-state index < -0.39 is 5.41 Å². The molecule has 0 spiro atoms. The number of aryl methyl sites for hydroxylation is 1. The third-order valence-electron chi connectivity index (χ3n) is 3.12. The summed E-state index contributed by atoms with van der Waals surface area (Å²) in [4.78, 5) is 20.3. The summed E-state index contributed by atoms with van der Waals surface area (Å²) in [5.74, 6) is 0.959. The maximum Gasteiger partial charge on any atom is 0.224 e. The molecule has 0 atom stereocenters. The Kier molecular flexibility index (Phi) is 3.75. The minimum absolute atomic E-state index is 0.345. The van der Waals surface area contributed by atoms with Crippen LogP contribution in [0.15, 0.2) is 18.3 Å². The minimum atomic E-state index is -0.661.